The molecular weight excluding hydrogens is 395 g/mol. The summed E-state index contributed by atoms with van der Waals surface area (Å²) in [7, 11) is 0. The Morgan fingerprint density at radius 2 is 1.95 bits per heavy atom. The first-order valence-corrected chi connectivity index (χ1v) is 7.98. The van der Waals surface area contributed by atoms with E-state index in [1.165, 1.54) is 0 Å². The molecule has 0 bridgehead atoms. The van der Waals surface area contributed by atoms with Gasteiger partial charge in [-0.15, -0.1) is 5.10 Å². The van der Waals surface area contributed by atoms with Crippen molar-refractivity contribution in [1.82, 2.24) is 15.5 Å². The SMILES string of the molecule is S=C(NCCc1c(Cl)cccc1Cl)Nc1nnccc1Br. The van der Waals surface area contributed by atoms with Crippen molar-refractivity contribution in [2.45, 2.75) is 6.42 Å². The molecule has 0 fully saturated rings. The van der Waals surface area contributed by atoms with E-state index in [1.54, 1.807) is 12.3 Å². The summed E-state index contributed by atoms with van der Waals surface area (Å²) in [5.41, 5.74) is 0.900. The highest BCUT2D eigenvalue weighted by Crippen LogP contribution is 2.24. The van der Waals surface area contributed by atoms with Gasteiger partial charge in [-0.1, -0.05) is 29.3 Å². The Labute approximate surface area is 146 Å². The minimum Gasteiger partial charge on any atom is -0.362 e. The summed E-state index contributed by atoms with van der Waals surface area (Å²) in [4.78, 5) is 0. The Balaban J connectivity index is 1.86. The molecule has 8 heteroatoms. The van der Waals surface area contributed by atoms with Crippen molar-refractivity contribution in [2.24, 2.45) is 0 Å². The van der Waals surface area contributed by atoms with E-state index in [-0.39, 0.29) is 0 Å². The summed E-state index contributed by atoms with van der Waals surface area (Å²) in [5, 5.41) is 15.5. The van der Waals surface area contributed by atoms with Crippen LogP contribution in [0.4, 0.5) is 5.82 Å². The van der Waals surface area contributed by atoms with E-state index in [4.69, 9.17) is 35.4 Å². The summed E-state index contributed by atoms with van der Waals surface area (Å²) < 4.78 is 0.788. The van der Waals surface area contributed by atoms with E-state index < -0.39 is 0 Å². The first kappa shape index (κ1) is 16.4. The molecule has 1 aromatic heterocycles. The van der Waals surface area contributed by atoms with E-state index in [9.17, 15) is 0 Å². The molecule has 0 radical (unpaired) electrons. The molecule has 0 atom stereocenters. The maximum absolute atomic E-state index is 6.11. The fourth-order valence-electron chi connectivity index (χ4n) is 1.63. The third-order valence-electron chi connectivity index (χ3n) is 2.63. The summed E-state index contributed by atoms with van der Waals surface area (Å²) in [6.07, 6.45) is 2.26. The molecule has 0 unspecified atom stereocenters. The topological polar surface area (TPSA) is 49.8 Å². The fourth-order valence-corrected chi connectivity index (χ4v) is 2.71. The van der Waals surface area contributed by atoms with Crippen molar-refractivity contribution < 1.29 is 0 Å². The van der Waals surface area contributed by atoms with Gasteiger partial charge in [-0.25, -0.2) is 0 Å². The first-order valence-electron chi connectivity index (χ1n) is 6.03. The van der Waals surface area contributed by atoms with Gasteiger partial charge in [-0.2, -0.15) is 5.10 Å². The second kappa shape index (κ2) is 7.89. The van der Waals surface area contributed by atoms with Crippen LogP contribution >= 0.6 is 51.3 Å². The highest BCUT2D eigenvalue weighted by molar-refractivity contribution is 9.10. The molecule has 0 amide bonds. The predicted molar refractivity (Wildman–Crippen MR) is 94.1 cm³/mol. The molecule has 0 saturated carbocycles. The van der Waals surface area contributed by atoms with Crippen LogP contribution in [0.25, 0.3) is 0 Å². The molecule has 0 spiro atoms. The van der Waals surface area contributed by atoms with Gasteiger partial charge in [0.2, 0.25) is 0 Å². The second-order valence-corrected chi connectivity index (χ2v) is 6.14. The van der Waals surface area contributed by atoms with E-state index in [0.717, 1.165) is 10.0 Å². The number of nitrogens with one attached hydrogen (secondary N) is 2. The predicted octanol–water partition coefficient (Wildman–Crippen LogP) is 4.08. The highest BCUT2D eigenvalue weighted by Gasteiger charge is 2.06. The molecule has 2 rings (SSSR count). The second-order valence-electron chi connectivity index (χ2n) is 4.06. The first-order chi connectivity index (χ1) is 10.1. The Bertz CT molecular complexity index is 634. The normalized spacial score (nSPS) is 10.2. The molecule has 0 saturated heterocycles. The van der Waals surface area contributed by atoms with Crippen molar-refractivity contribution >= 4 is 62.3 Å². The zero-order chi connectivity index (χ0) is 15.2. The highest BCUT2D eigenvalue weighted by atomic mass is 79.9. The van der Waals surface area contributed by atoms with Gasteiger partial charge in [0.25, 0.3) is 0 Å². The number of thiocarbonyl (C=S) groups is 1. The lowest BCUT2D eigenvalue weighted by Crippen LogP contribution is -2.30. The summed E-state index contributed by atoms with van der Waals surface area (Å²) in [6, 6.07) is 7.23. The number of rotatable bonds is 4. The third-order valence-corrected chi connectivity index (χ3v) is 4.22. The van der Waals surface area contributed by atoms with Crippen LogP contribution < -0.4 is 10.6 Å². The lowest BCUT2D eigenvalue weighted by atomic mass is 10.1. The molecule has 2 N–H and O–H groups in total. The van der Waals surface area contributed by atoms with Crippen LogP contribution in [-0.2, 0) is 6.42 Å². The lowest BCUT2D eigenvalue weighted by molar-refractivity contribution is 0.872. The van der Waals surface area contributed by atoms with Crippen LogP contribution in [0.15, 0.2) is 34.9 Å². The number of nitrogens with zero attached hydrogens (tertiary/aromatic N) is 2. The van der Waals surface area contributed by atoms with Crippen LogP contribution in [0.5, 0.6) is 0 Å². The number of hydrogen-bond donors (Lipinski definition) is 2. The van der Waals surface area contributed by atoms with Crippen LogP contribution in [0.2, 0.25) is 10.0 Å². The molecule has 2 aromatic rings. The van der Waals surface area contributed by atoms with Crippen molar-refractivity contribution in [1.29, 1.82) is 0 Å². The Morgan fingerprint density at radius 1 is 1.24 bits per heavy atom. The largest absolute Gasteiger partial charge is 0.362 e. The minimum atomic E-state index is 0.458. The summed E-state index contributed by atoms with van der Waals surface area (Å²) in [5.74, 6) is 0.561. The fraction of sp³-hybridized carbons (Fsp3) is 0.154. The van der Waals surface area contributed by atoms with Gasteiger partial charge in [0.1, 0.15) is 0 Å². The minimum absolute atomic E-state index is 0.458. The molecule has 1 heterocycles. The zero-order valence-electron chi connectivity index (χ0n) is 10.7. The quantitative estimate of drug-likeness (QED) is 0.750. The third kappa shape index (κ3) is 4.78. The Kier molecular flexibility index (Phi) is 6.17. The van der Waals surface area contributed by atoms with Crippen molar-refractivity contribution in [3.63, 3.8) is 0 Å². The van der Waals surface area contributed by atoms with Gasteiger partial charge < -0.3 is 10.6 Å². The van der Waals surface area contributed by atoms with Gasteiger partial charge in [0, 0.05) is 16.6 Å². The standard InChI is InChI=1S/C13H11BrCl2N4S/c14-9-5-7-18-20-12(9)19-13(21)17-6-4-8-10(15)2-1-3-11(8)16/h1-3,5,7H,4,6H2,(H2,17,19,20,21). The lowest BCUT2D eigenvalue weighted by Gasteiger charge is -2.11. The van der Waals surface area contributed by atoms with Crippen molar-refractivity contribution in [3.8, 4) is 0 Å². The molecular formula is C13H11BrCl2N4S. The average molecular weight is 406 g/mol. The van der Waals surface area contributed by atoms with Gasteiger partial charge in [-0.05, 0) is 58.3 Å². The molecule has 0 aliphatic heterocycles. The molecule has 0 aliphatic rings. The number of anilines is 1. The van der Waals surface area contributed by atoms with E-state index in [1.807, 2.05) is 18.2 Å². The summed E-state index contributed by atoms with van der Waals surface area (Å²) in [6.45, 7) is 0.604. The maximum Gasteiger partial charge on any atom is 0.172 e. The molecule has 4 nitrogen and oxygen atoms in total. The summed E-state index contributed by atoms with van der Waals surface area (Å²) >= 11 is 20.8. The Hall–Kier alpha value is -0.950. The smallest absolute Gasteiger partial charge is 0.172 e. The van der Waals surface area contributed by atoms with Gasteiger partial charge in [-0.3, -0.25) is 0 Å². The van der Waals surface area contributed by atoms with E-state index >= 15 is 0 Å². The maximum atomic E-state index is 6.11. The molecule has 21 heavy (non-hydrogen) atoms. The van der Waals surface area contributed by atoms with Crippen molar-refractivity contribution in [2.75, 3.05) is 11.9 Å². The van der Waals surface area contributed by atoms with Crippen LogP contribution in [-0.4, -0.2) is 21.9 Å². The zero-order valence-corrected chi connectivity index (χ0v) is 14.7. The van der Waals surface area contributed by atoms with Gasteiger partial charge >= 0.3 is 0 Å². The van der Waals surface area contributed by atoms with E-state index in [0.29, 0.717) is 33.9 Å². The Morgan fingerprint density at radius 3 is 2.62 bits per heavy atom. The van der Waals surface area contributed by atoms with Crippen LogP contribution in [0.3, 0.4) is 0 Å². The number of halogens is 3. The number of aromatic nitrogens is 2. The number of hydrogen-bond acceptors (Lipinski definition) is 3. The van der Waals surface area contributed by atoms with E-state index in [2.05, 4.69) is 36.8 Å². The van der Waals surface area contributed by atoms with Gasteiger partial charge in [0.05, 0.1) is 10.7 Å². The number of benzene rings is 1. The average Bonchev–Trinajstić information content (AvgIpc) is 2.45. The van der Waals surface area contributed by atoms with Crippen LogP contribution in [0.1, 0.15) is 5.56 Å². The van der Waals surface area contributed by atoms with Crippen LogP contribution in [0, 0.1) is 0 Å². The molecule has 1 aromatic carbocycles. The molecule has 0 aliphatic carbocycles. The monoisotopic (exact) mass is 404 g/mol. The molecule has 110 valence electrons. The van der Waals surface area contributed by atoms with Crippen molar-refractivity contribution in [3.05, 3.63) is 50.5 Å². The van der Waals surface area contributed by atoms with Gasteiger partial charge in [0.15, 0.2) is 10.9 Å².